The van der Waals surface area contributed by atoms with E-state index in [2.05, 4.69) is 5.32 Å². The lowest BCUT2D eigenvalue weighted by atomic mass is 10.1. The first-order valence-corrected chi connectivity index (χ1v) is 8.48. The molecular weight excluding hydrogens is 343 g/mol. The zero-order valence-electron chi connectivity index (χ0n) is 13.5. The lowest BCUT2D eigenvalue weighted by molar-refractivity contribution is -0.128. The summed E-state index contributed by atoms with van der Waals surface area (Å²) in [7, 11) is 0. The maximum atomic E-state index is 13.2. The van der Waals surface area contributed by atoms with Crippen LogP contribution in [-0.4, -0.2) is 29.8 Å². The number of carbonyl (C=O) groups excluding carboxylic acids is 2. The van der Waals surface area contributed by atoms with Crippen molar-refractivity contribution >= 4 is 29.1 Å². The second-order valence-corrected chi connectivity index (χ2v) is 6.55. The number of benzene rings is 2. The van der Waals surface area contributed by atoms with E-state index in [9.17, 15) is 14.0 Å². The molecule has 0 bridgehead atoms. The van der Waals surface area contributed by atoms with Gasteiger partial charge in [-0.2, -0.15) is 0 Å². The van der Waals surface area contributed by atoms with Gasteiger partial charge in [-0.1, -0.05) is 29.8 Å². The molecule has 1 aliphatic heterocycles. The van der Waals surface area contributed by atoms with E-state index in [1.165, 1.54) is 18.2 Å². The molecule has 0 radical (unpaired) electrons. The van der Waals surface area contributed by atoms with Gasteiger partial charge >= 0.3 is 0 Å². The van der Waals surface area contributed by atoms with Crippen LogP contribution in [0.25, 0.3) is 0 Å². The molecule has 0 aromatic heterocycles. The van der Waals surface area contributed by atoms with Crippen LogP contribution in [-0.2, 0) is 16.0 Å². The molecule has 0 spiro atoms. The molecule has 0 saturated carbocycles. The highest BCUT2D eigenvalue weighted by atomic mass is 35.5. The molecule has 1 unspecified atom stereocenters. The van der Waals surface area contributed by atoms with Gasteiger partial charge in [0.25, 0.3) is 0 Å². The van der Waals surface area contributed by atoms with Gasteiger partial charge in [0.05, 0.1) is 5.92 Å². The molecule has 1 atom stereocenters. The summed E-state index contributed by atoms with van der Waals surface area (Å²) in [6.07, 6.45) is 0.892. The normalized spacial score (nSPS) is 17.0. The Hall–Kier alpha value is -2.40. The third kappa shape index (κ3) is 4.57. The number of amides is 2. The molecule has 2 aromatic carbocycles. The summed E-state index contributed by atoms with van der Waals surface area (Å²) >= 11 is 5.86. The van der Waals surface area contributed by atoms with Crippen LogP contribution in [0, 0.1) is 11.7 Å². The summed E-state index contributed by atoms with van der Waals surface area (Å²) in [5.41, 5.74) is 1.49. The summed E-state index contributed by atoms with van der Waals surface area (Å²) in [6, 6.07) is 13.2. The van der Waals surface area contributed by atoms with Gasteiger partial charge in [-0.25, -0.2) is 4.39 Å². The van der Waals surface area contributed by atoms with E-state index in [1.54, 1.807) is 11.0 Å². The topological polar surface area (TPSA) is 49.4 Å². The van der Waals surface area contributed by atoms with Crippen molar-refractivity contribution in [1.82, 2.24) is 4.90 Å². The van der Waals surface area contributed by atoms with Crippen LogP contribution in [0.1, 0.15) is 12.0 Å². The second kappa shape index (κ2) is 7.66. The third-order valence-electron chi connectivity index (χ3n) is 4.26. The number of carbonyl (C=O) groups is 2. The van der Waals surface area contributed by atoms with Crippen molar-refractivity contribution in [2.45, 2.75) is 12.8 Å². The van der Waals surface area contributed by atoms with Gasteiger partial charge in [0.15, 0.2) is 0 Å². The van der Waals surface area contributed by atoms with Gasteiger partial charge in [-0.05, 0) is 42.3 Å². The van der Waals surface area contributed by atoms with E-state index < -0.39 is 11.7 Å². The first kappa shape index (κ1) is 17.4. The van der Waals surface area contributed by atoms with Gasteiger partial charge in [-0.15, -0.1) is 0 Å². The molecule has 1 aliphatic rings. The Morgan fingerprint density at radius 1 is 1.24 bits per heavy atom. The highest BCUT2D eigenvalue weighted by Gasteiger charge is 2.34. The first-order valence-electron chi connectivity index (χ1n) is 8.10. The number of rotatable bonds is 5. The van der Waals surface area contributed by atoms with Crippen LogP contribution in [0.5, 0.6) is 0 Å². The maximum Gasteiger partial charge on any atom is 0.229 e. The Morgan fingerprint density at radius 3 is 2.72 bits per heavy atom. The van der Waals surface area contributed by atoms with Crippen molar-refractivity contribution in [2.24, 2.45) is 5.92 Å². The summed E-state index contributed by atoms with van der Waals surface area (Å²) in [5, 5.41) is 3.35. The van der Waals surface area contributed by atoms with E-state index in [4.69, 9.17) is 11.6 Å². The molecule has 130 valence electrons. The number of anilines is 1. The van der Waals surface area contributed by atoms with Gasteiger partial charge in [0.2, 0.25) is 11.8 Å². The second-order valence-electron chi connectivity index (χ2n) is 6.12. The fraction of sp³-hybridized carbons (Fsp3) is 0.263. The van der Waals surface area contributed by atoms with E-state index in [-0.39, 0.29) is 18.2 Å². The van der Waals surface area contributed by atoms with Crippen LogP contribution in [0.3, 0.4) is 0 Å². The number of nitrogens with zero attached hydrogens (tertiary/aromatic N) is 1. The van der Waals surface area contributed by atoms with Crippen LogP contribution in [0.4, 0.5) is 10.1 Å². The van der Waals surface area contributed by atoms with Crippen molar-refractivity contribution in [3.8, 4) is 0 Å². The molecule has 3 rings (SSSR count). The molecule has 2 amide bonds. The van der Waals surface area contributed by atoms with E-state index in [1.807, 2.05) is 24.3 Å². The van der Waals surface area contributed by atoms with Gasteiger partial charge in [0, 0.05) is 30.2 Å². The van der Waals surface area contributed by atoms with Crippen LogP contribution < -0.4 is 5.32 Å². The molecular formula is C19H18ClFN2O2. The maximum absolute atomic E-state index is 13.2. The summed E-state index contributed by atoms with van der Waals surface area (Å²) in [5.74, 6) is -1.12. The fourth-order valence-corrected chi connectivity index (χ4v) is 3.02. The minimum atomic E-state index is -0.416. The van der Waals surface area contributed by atoms with Gasteiger partial charge < -0.3 is 10.2 Å². The SMILES string of the molecule is O=C(Nc1cccc(F)c1)C1CC(=O)N(CCc2ccc(Cl)cc2)C1. The number of nitrogens with one attached hydrogen (secondary N) is 1. The lowest BCUT2D eigenvalue weighted by Crippen LogP contribution is -2.30. The van der Waals surface area contributed by atoms with E-state index in [0.717, 1.165) is 5.56 Å². The average Bonchev–Trinajstić information content (AvgIpc) is 2.95. The average molecular weight is 361 g/mol. The Labute approximate surface area is 150 Å². The smallest absolute Gasteiger partial charge is 0.229 e. The summed E-state index contributed by atoms with van der Waals surface area (Å²) < 4.78 is 13.2. The van der Waals surface area contributed by atoms with Crippen molar-refractivity contribution in [2.75, 3.05) is 18.4 Å². The van der Waals surface area contributed by atoms with Crippen LogP contribution in [0.2, 0.25) is 5.02 Å². The van der Waals surface area contributed by atoms with Crippen molar-refractivity contribution in [3.05, 3.63) is 64.9 Å². The molecule has 1 heterocycles. The fourth-order valence-electron chi connectivity index (χ4n) is 2.89. The Bertz CT molecular complexity index is 779. The Morgan fingerprint density at radius 2 is 2.00 bits per heavy atom. The number of halogens is 2. The summed E-state index contributed by atoms with van der Waals surface area (Å²) in [4.78, 5) is 26.1. The van der Waals surface area contributed by atoms with Crippen LogP contribution in [0.15, 0.2) is 48.5 Å². The number of likely N-dealkylation sites (tertiary alicyclic amines) is 1. The standard InChI is InChI=1S/C19H18ClFN2O2/c20-15-6-4-13(5-7-15)8-9-23-12-14(10-18(23)24)19(25)22-17-3-1-2-16(21)11-17/h1-7,11,14H,8-10,12H2,(H,22,25). The predicted octanol–water partition coefficient (Wildman–Crippen LogP) is 3.51. The molecule has 1 saturated heterocycles. The highest BCUT2D eigenvalue weighted by Crippen LogP contribution is 2.21. The molecule has 4 nitrogen and oxygen atoms in total. The first-order chi connectivity index (χ1) is 12.0. The van der Waals surface area contributed by atoms with Crippen molar-refractivity contribution < 1.29 is 14.0 Å². The van der Waals surface area contributed by atoms with Crippen molar-refractivity contribution in [1.29, 1.82) is 0 Å². The zero-order chi connectivity index (χ0) is 17.8. The minimum absolute atomic E-state index is 0.0339. The van der Waals surface area contributed by atoms with E-state index in [0.29, 0.717) is 30.2 Å². The molecule has 1 fully saturated rings. The quantitative estimate of drug-likeness (QED) is 0.887. The largest absolute Gasteiger partial charge is 0.342 e. The molecule has 1 N–H and O–H groups in total. The number of hydrogen-bond donors (Lipinski definition) is 1. The molecule has 2 aromatic rings. The predicted molar refractivity (Wildman–Crippen MR) is 94.9 cm³/mol. The molecule has 25 heavy (non-hydrogen) atoms. The minimum Gasteiger partial charge on any atom is -0.342 e. The number of hydrogen-bond acceptors (Lipinski definition) is 2. The van der Waals surface area contributed by atoms with Gasteiger partial charge in [0.1, 0.15) is 5.82 Å². The van der Waals surface area contributed by atoms with E-state index >= 15 is 0 Å². The Kier molecular flexibility index (Phi) is 5.34. The highest BCUT2D eigenvalue weighted by molar-refractivity contribution is 6.30. The lowest BCUT2D eigenvalue weighted by Gasteiger charge is -2.16. The monoisotopic (exact) mass is 360 g/mol. The van der Waals surface area contributed by atoms with Crippen LogP contribution >= 0.6 is 11.6 Å². The third-order valence-corrected chi connectivity index (χ3v) is 4.51. The van der Waals surface area contributed by atoms with Gasteiger partial charge in [-0.3, -0.25) is 9.59 Å². The molecule has 6 heteroatoms. The summed E-state index contributed by atoms with van der Waals surface area (Å²) in [6.45, 7) is 0.942. The Balaban J connectivity index is 1.54. The zero-order valence-corrected chi connectivity index (χ0v) is 14.3. The van der Waals surface area contributed by atoms with Crippen molar-refractivity contribution in [3.63, 3.8) is 0 Å². The molecule has 0 aliphatic carbocycles.